The van der Waals surface area contributed by atoms with Crippen LogP contribution >= 0.6 is 11.8 Å². The van der Waals surface area contributed by atoms with Gasteiger partial charge in [0, 0.05) is 12.1 Å². The number of carbonyl (C=O) groups is 2. The lowest BCUT2D eigenvalue weighted by atomic mass is 10.1. The number of thioether (sulfide) groups is 1. The lowest BCUT2D eigenvalue weighted by Gasteiger charge is -2.07. The van der Waals surface area contributed by atoms with Gasteiger partial charge in [-0.05, 0) is 55.3 Å². The van der Waals surface area contributed by atoms with E-state index in [0.717, 1.165) is 23.3 Å². The molecule has 160 valence electrons. The van der Waals surface area contributed by atoms with E-state index in [1.165, 1.54) is 11.8 Å². The summed E-state index contributed by atoms with van der Waals surface area (Å²) in [4.78, 5) is 24.3. The molecule has 0 bridgehead atoms. The third kappa shape index (κ3) is 7.11. The van der Waals surface area contributed by atoms with Gasteiger partial charge in [-0.1, -0.05) is 41.6 Å². The summed E-state index contributed by atoms with van der Waals surface area (Å²) in [6.45, 7) is 2.52. The number of hydrogen-bond acceptors (Lipinski definition) is 6. The van der Waals surface area contributed by atoms with E-state index < -0.39 is 0 Å². The molecule has 1 aromatic heterocycles. The van der Waals surface area contributed by atoms with Gasteiger partial charge in [0.05, 0.1) is 12.9 Å². The molecule has 0 fully saturated rings. The van der Waals surface area contributed by atoms with E-state index in [1.54, 1.807) is 31.4 Å². The SMILES string of the molecule is COc1ccc(CCNC(=O)CSc2ccc(NC(=O)c3ccc(C)cc3)nn2)cc1. The van der Waals surface area contributed by atoms with Crippen molar-refractivity contribution in [3.8, 4) is 5.75 Å². The van der Waals surface area contributed by atoms with Crippen molar-refractivity contribution < 1.29 is 14.3 Å². The Hall–Kier alpha value is -3.39. The summed E-state index contributed by atoms with van der Waals surface area (Å²) >= 11 is 1.29. The second kappa shape index (κ2) is 11.1. The number of carbonyl (C=O) groups excluding carboxylic acids is 2. The summed E-state index contributed by atoms with van der Waals surface area (Å²) in [5.41, 5.74) is 2.77. The van der Waals surface area contributed by atoms with Crippen LogP contribution in [0.3, 0.4) is 0 Å². The molecule has 31 heavy (non-hydrogen) atoms. The summed E-state index contributed by atoms with van der Waals surface area (Å²) in [7, 11) is 1.63. The van der Waals surface area contributed by atoms with Crippen molar-refractivity contribution in [1.29, 1.82) is 0 Å². The number of hydrogen-bond donors (Lipinski definition) is 2. The zero-order valence-corrected chi connectivity index (χ0v) is 18.2. The van der Waals surface area contributed by atoms with Crippen molar-refractivity contribution in [3.05, 3.63) is 77.4 Å². The molecule has 2 N–H and O–H groups in total. The Balaban J connectivity index is 1.39. The molecule has 7 nitrogen and oxygen atoms in total. The number of aromatic nitrogens is 2. The predicted octanol–water partition coefficient (Wildman–Crippen LogP) is 3.50. The largest absolute Gasteiger partial charge is 0.497 e. The van der Waals surface area contributed by atoms with E-state index in [2.05, 4.69) is 20.8 Å². The highest BCUT2D eigenvalue weighted by Crippen LogP contribution is 2.16. The van der Waals surface area contributed by atoms with E-state index in [1.807, 2.05) is 43.3 Å². The van der Waals surface area contributed by atoms with Gasteiger partial charge in [0.25, 0.3) is 5.91 Å². The van der Waals surface area contributed by atoms with E-state index in [9.17, 15) is 9.59 Å². The molecule has 8 heteroatoms. The Morgan fingerprint density at radius 3 is 2.35 bits per heavy atom. The molecular formula is C23H24N4O3S. The smallest absolute Gasteiger partial charge is 0.256 e. The summed E-state index contributed by atoms with van der Waals surface area (Å²) in [6.07, 6.45) is 0.746. The average Bonchev–Trinajstić information content (AvgIpc) is 2.79. The normalized spacial score (nSPS) is 10.4. The molecule has 0 saturated heterocycles. The van der Waals surface area contributed by atoms with E-state index in [0.29, 0.717) is 23.0 Å². The molecule has 0 aliphatic rings. The van der Waals surface area contributed by atoms with Crippen LogP contribution in [0, 0.1) is 6.92 Å². The van der Waals surface area contributed by atoms with Gasteiger partial charge in [0.1, 0.15) is 10.8 Å². The number of nitrogens with one attached hydrogen (secondary N) is 2. The molecule has 0 aliphatic carbocycles. The predicted molar refractivity (Wildman–Crippen MR) is 122 cm³/mol. The maximum absolute atomic E-state index is 12.2. The van der Waals surface area contributed by atoms with Crippen molar-refractivity contribution in [3.63, 3.8) is 0 Å². The number of aryl methyl sites for hydroxylation is 1. The number of nitrogens with zero attached hydrogens (tertiary/aromatic N) is 2. The molecular weight excluding hydrogens is 412 g/mol. The molecule has 3 aromatic rings. The van der Waals surface area contributed by atoms with Crippen LogP contribution in [-0.2, 0) is 11.2 Å². The van der Waals surface area contributed by atoms with Crippen LogP contribution in [0.2, 0.25) is 0 Å². The van der Waals surface area contributed by atoms with Gasteiger partial charge < -0.3 is 15.4 Å². The van der Waals surface area contributed by atoms with Crippen molar-refractivity contribution in [2.24, 2.45) is 0 Å². The fraction of sp³-hybridized carbons (Fsp3) is 0.217. The first-order chi connectivity index (χ1) is 15.0. The standard InChI is InChI=1S/C23H24N4O3S/c1-16-3-7-18(8-4-16)23(29)25-20-11-12-22(27-26-20)31-15-21(28)24-14-13-17-5-9-19(30-2)10-6-17/h3-12H,13-15H2,1-2H3,(H,24,28)(H,25,26,29). The average molecular weight is 437 g/mol. The number of ether oxygens (including phenoxy) is 1. The number of anilines is 1. The Bertz CT molecular complexity index is 1010. The summed E-state index contributed by atoms with van der Waals surface area (Å²) in [6, 6.07) is 18.4. The first kappa shape index (κ1) is 22.3. The maximum atomic E-state index is 12.2. The topological polar surface area (TPSA) is 93.2 Å². The lowest BCUT2D eigenvalue weighted by Crippen LogP contribution is -2.27. The van der Waals surface area contributed by atoms with Crippen molar-refractivity contribution in [1.82, 2.24) is 15.5 Å². The highest BCUT2D eigenvalue weighted by Gasteiger charge is 2.08. The molecule has 0 spiro atoms. The highest BCUT2D eigenvalue weighted by atomic mass is 32.2. The second-order valence-corrected chi connectivity index (χ2v) is 7.81. The van der Waals surface area contributed by atoms with Crippen LogP contribution < -0.4 is 15.4 Å². The van der Waals surface area contributed by atoms with Gasteiger partial charge in [-0.2, -0.15) is 0 Å². The molecule has 0 unspecified atom stereocenters. The van der Waals surface area contributed by atoms with E-state index in [4.69, 9.17) is 4.74 Å². The Morgan fingerprint density at radius 1 is 0.968 bits per heavy atom. The third-order valence-electron chi connectivity index (χ3n) is 4.44. The molecule has 0 saturated carbocycles. The van der Waals surface area contributed by atoms with Crippen molar-refractivity contribution in [2.45, 2.75) is 18.4 Å². The number of amides is 2. The first-order valence-corrected chi connectivity index (χ1v) is 10.8. The molecule has 1 heterocycles. The van der Waals surface area contributed by atoms with E-state index >= 15 is 0 Å². The van der Waals surface area contributed by atoms with Gasteiger partial charge in [-0.3, -0.25) is 9.59 Å². The van der Waals surface area contributed by atoms with Crippen LogP contribution in [0.1, 0.15) is 21.5 Å². The summed E-state index contributed by atoms with van der Waals surface area (Å²) in [5, 5.41) is 14.3. The number of benzene rings is 2. The van der Waals surface area contributed by atoms with Gasteiger partial charge in [0.15, 0.2) is 5.82 Å². The first-order valence-electron chi connectivity index (χ1n) is 9.77. The lowest BCUT2D eigenvalue weighted by molar-refractivity contribution is -0.118. The minimum absolute atomic E-state index is 0.0722. The fourth-order valence-corrected chi connectivity index (χ4v) is 3.33. The molecule has 0 radical (unpaired) electrons. The Labute approximate surface area is 185 Å². The van der Waals surface area contributed by atoms with Gasteiger partial charge in [-0.15, -0.1) is 10.2 Å². The van der Waals surface area contributed by atoms with E-state index in [-0.39, 0.29) is 17.6 Å². The zero-order valence-electron chi connectivity index (χ0n) is 17.4. The van der Waals surface area contributed by atoms with Crippen molar-refractivity contribution >= 4 is 29.4 Å². The monoisotopic (exact) mass is 436 g/mol. The minimum Gasteiger partial charge on any atom is -0.497 e. The number of rotatable bonds is 9. The Kier molecular flexibility index (Phi) is 8.00. The molecule has 0 aliphatic heterocycles. The minimum atomic E-state index is -0.244. The maximum Gasteiger partial charge on any atom is 0.256 e. The molecule has 0 atom stereocenters. The zero-order chi connectivity index (χ0) is 22.1. The molecule has 2 aromatic carbocycles. The number of methoxy groups -OCH3 is 1. The van der Waals surface area contributed by atoms with Gasteiger partial charge in [-0.25, -0.2) is 0 Å². The highest BCUT2D eigenvalue weighted by molar-refractivity contribution is 7.99. The quantitative estimate of drug-likeness (QED) is 0.499. The van der Waals surface area contributed by atoms with Gasteiger partial charge >= 0.3 is 0 Å². The second-order valence-electron chi connectivity index (χ2n) is 6.81. The third-order valence-corrected chi connectivity index (χ3v) is 5.36. The summed E-state index contributed by atoms with van der Waals surface area (Å²) in [5.74, 6) is 1.10. The van der Waals surface area contributed by atoms with Crippen molar-refractivity contribution in [2.75, 3.05) is 24.7 Å². The van der Waals surface area contributed by atoms with Crippen LogP contribution in [-0.4, -0.2) is 41.4 Å². The summed E-state index contributed by atoms with van der Waals surface area (Å²) < 4.78 is 5.13. The van der Waals surface area contributed by atoms with Crippen LogP contribution in [0.25, 0.3) is 0 Å². The molecule has 3 rings (SSSR count). The fourth-order valence-electron chi connectivity index (χ4n) is 2.69. The van der Waals surface area contributed by atoms with Crippen LogP contribution in [0.5, 0.6) is 5.75 Å². The Morgan fingerprint density at radius 2 is 1.71 bits per heavy atom. The van der Waals surface area contributed by atoms with Gasteiger partial charge in [0.2, 0.25) is 5.91 Å². The molecule has 2 amide bonds. The van der Waals surface area contributed by atoms with Crippen LogP contribution in [0.15, 0.2) is 65.7 Å². The van der Waals surface area contributed by atoms with Crippen LogP contribution in [0.4, 0.5) is 5.82 Å².